The Hall–Kier alpha value is -2.93. The molecule has 7 heteroatoms. The summed E-state index contributed by atoms with van der Waals surface area (Å²) in [4.78, 5) is 31.5. The van der Waals surface area contributed by atoms with Crippen LogP contribution >= 0.6 is 0 Å². The van der Waals surface area contributed by atoms with Gasteiger partial charge in [0.1, 0.15) is 0 Å². The van der Waals surface area contributed by atoms with E-state index in [1.807, 2.05) is 18.3 Å². The van der Waals surface area contributed by atoms with Crippen molar-refractivity contribution < 1.29 is 9.59 Å². The molecule has 146 valence electrons. The third-order valence-electron chi connectivity index (χ3n) is 5.69. The molecule has 28 heavy (non-hydrogen) atoms. The standard InChI is InChI=1S/C21H25N5O2/c1-21(22)6-8-26(9-7-21)16-12-24-18(17-15(16)11-25-20(17)28)13-4-3-5-14(10-13)19(27)23-2/h3-5,10,12H,6-9,11,22H2,1-2H3,(H,23,27)(H,25,28). The number of amides is 2. The van der Waals surface area contributed by atoms with Gasteiger partial charge < -0.3 is 21.3 Å². The van der Waals surface area contributed by atoms with E-state index >= 15 is 0 Å². The number of nitrogens with two attached hydrogens (primary N) is 1. The smallest absolute Gasteiger partial charge is 0.254 e. The summed E-state index contributed by atoms with van der Waals surface area (Å²) in [5.74, 6) is -0.289. The number of hydrogen-bond donors (Lipinski definition) is 3. The molecular formula is C21H25N5O2. The number of piperidine rings is 1. The molecule has 2 aromatic rings. The largest absolute Gasteiger partial charge is 0.370 e. The molecule has 0 spiro atoms. The van der Waals surface area contributed by atoms with Crippen molar-refractivity contribution in [2.24, 2.45) is 5.73 Å². The van der Waals surface area contributed by atoms with Crippen LogP contribution in [0.5, 0.6) is 0 Å². The van der Waals surface area contributed by atoms with E-state index in [9.17, 15) is 9.59 Å². The molecule has 0 unspecified atom stereocenters. The fourth-order valence-electron chi connectivity index (χ4n) is 3.92. The minimum absolute atomic E-state index is 0.120. The Morgan fingerprint density at radius 2 is 2.07 bits per heavy atom. The number of carbonyl (C=O) groups excluding carboxylic acids is 2. The third-order valence-corrected chi connectivity index (χ3v) is 5.69. The molecule has 1 saturated heterocycles. The number of nitrogens with zero attached hydrogens (tertiary/aromatic N) is 2. The molecule has 1 aromatic carbocycles. The molecule has 1 aromatic heterocycles. The van der Waals surface area contributed by atoms with Crippen LogP contribution in [-0.2, 0) is 6.54 Å². The van der Waals surface area contributed by atoms with Gasteiger partial charge in [-0.25, -0.2) is 0 Å². The van der Waals surface area contributed by atoms with Crippen molar-refractivity contribution in [1.29, 1.82) is 0 Å². The minimum Gasteiger partial charge on any atom is -0.370 e. The molecular weight excluding hydrogens is 354 g/mol. The Balaban J connectivity index is 1.75. The second kappa shape index (κ2) is 6.91. The minimum atomic E-state index is -0.169. The lowest BCUT2D eigenvalue weighted by Gasteiger charge is -2.38. The lowest BCUT2D eigenvalue weighted by molar-refractivity contribution is 0.0957. The fourth-order valence-corrected chi connectivity index (χ4v) is 3.92. The first-order valence-corrected chi connectivity index (χ1v) is 9.56. The summed E-state index contributed by atoms with van der Waals surface area (Å²) in [5, 5.41) is 5.55. The van der Waals surface area contributed by atoms with Gasteiger partial charge in [-0.3, -0.25) is 14.6 Å². The molecule has 4 N–H and O–H groups in total. The monoisotopic (exact) mass is 379 g/mol. The van der Waals surface area contributed by atoms with Gasteiger partial charge in [-0.1, -0.05) is 12.1 Å². The lowest BCUT2D eigenvalue weighted by Crippen LogP contribution is -2.48. The number of aromatic nitrogens is 1. The van der Waals surface area contributed by atoms with Crippen LogP contribution in [0.3, 0.4) is 0 Å². The summed E-state index contributed by atoms with van der Waals surface area (Å²) in [6.45, 7) is 4.27. The Labute approximate surface area is 164 Å². The van der Waals surface area contributed by atoms with Crippen molar-refractivity contribution >= 4 is 17.5 Å². The van der Waals surface area contributed by atoms with Crippen molar-refractivity contribution in [3.8, 4) is 11.3 Å². The SMILES string of the molecule is CNC(=O)c1cccc(-c2ncc(N3CCC(C)(N)CC3)c3c2C(=O)NC3)c1. The van der Waals surface area contributed by atoms with Crippen molar-refractivity contribution in [3.63, 3.8) is 0 Å². The molecule has 2 aliphatic heterocycles. The zero-order valence-electron chi connectivity index (χ0n) is 16.2. The predicted octanol–water partition coefficient (Wildman–Crippen LogP) is 1.67. The number of hydrogen-bond acceptors (Lipinski definition) is 5. The first-order chi connectivity index (χ1) is 13.4. The van der Waals surface area contributed by atoms with Crippen LogP contribution in [0.15, 0.2) is 30.5 Å². The van der Waals surface area contributed by atoms with Gasteiger partial charge >= 0.3 is 0 Å². The van der Waals surface area contributed by atoms with Gasteiger partial charge in [0.2, 0.25) is 0 Å². The number of anilines is 1. The summed E-state index contributed by atoms with van der Waals surface area (Å²) in [6.07, 6.45) is 3.65. The molecule has 0 radical (unpaired) electrons. The average molecular weight is 379 g/mol. The summed E-state index contributed by atoms with van der Waals surface area (Å²) < 4.78 is 0. The highest BCUT2D eigenvalue weighted by molar-refractivity contribution is 6.05. The van der Waals surface area contributed by atoms with Crippen LogP contribution in [0.4, 0.5) is 5.69 Å². The predicted molar refractivity (Wildman–Crippen MR) is 108 cm³/mol. The first-order valence-electron chi connectivity index (χ1n) is 9.56. The maximum atomic E-state index is 12.6. The first kappa shape index (κ1) is 18.4. The zero-order chi connectivity index (χ0) is 19.9. The van der Waals surface area contributed by atoms with Crippen LogP contribution in [0.25, 0.3) is 11.3 Å². The molecule has 7 nitrogen and oxygen atoms in total. The summed E-state index contributed by atoms with van der Waals surface area (Å²) >= 11 is 0. The highest BCUT2D eigenvalue weighted by atomic mass is 16.2. The number of nitrogens with one attached hydrogen (secondary N) is 2. The fraction of sp³-hybridized carbons (Fsp3) is 0.381. The van der Waals surface area contributed by atoms with Gasteiger partial charge in [0.15, 0.2) is 0 Å². The van der Waals surface area contributed by atoms with Crippen molar-refractivity contribution in [1.82, 2.24) is 15.6 Å². The van der Waals surface area contributed by atoms with E-state index in [1.165, 1.54) is 0 Å². The Bertz CT molecular complexity index is 944. The van der Waals surface area contributed by atoms with Gasteiger partial charge in [-0.05, 0) is 31.9 Å². The van der Waals surface area contributed by atoms with Gasteiger partial charge in [-0.15, -0.1) is 0 Å². The Morgan fingerprint density at radius 3 is 2.79 bits per heavy atom. The quantitative estimate of drug-likeness (QED) is 0.753. The van der Waals surface area contributed by atoms with E-state index in [0.717, 1.165) is 42.7 Å². The number of carbonyl (C=O) groups is 2. The van der Waals surface area contributed by atoms with Gasteiger partial charge in [0.05, 0.1) is 23.1 Å². The molecule has 0 aliphatic carbocycles. The molecule has 2 aliphatic rings. The summed E-state index contributed by atoms with van der Waals surface area (Å²) in [5.41, 5.74) is 10.6. The maximum absolute atomic E-state index is 12.6. The highest BCUT2D eigenvalue weighted by Gasteiger charge is 2.32. The molecule has 0 atom stereocenters. The number of fused-ring (bicyclic) bond motifs is 1. The molecule has 0 bridgehead atoms. The van der Waals surface area contributed by atoms with E-state index < -0.39 is 0 Å². The van der Waals surface area contributed by atoms with E-state index in [0.29, 0.717) is 23.4 Å². The van der Waals surface area contributed by atoms with Crippen molar-refractivity contribution in [2.75, 3.05) is 25.0 Å². The molecule has 2 amide bonds. The van der Waals surface area contributed by atoms with Gasteiger partial charge in [-0.2, -0.15) is 0 Å². The van der Waals surface area contributed by atoms with Crippen LogP contribution in [0.2, 0.25) is 0 Å². The van der Waals surface area contributed by atoms with Crippen LogP contribution in [0.1, 0.15) is 46.0 Å². The molecule has 1 fully saturated rings. The molecule has 0 saturated carbocycles. The second-order valence-electron chi connectivity index (χ2n) is 7.83. The third kappa shape index (κ3) is 3.22. The van der Waals surface area contributed by atoms with Crippen molar-refractivity contribution in [2.45, 2.75) is 31.8 Å². The molecule has 4 rings (SSSR count). The maximum Gasteiger partial charge on any atom is 0.254 e. The molecule has 3 heterocycles. The van der Waals surface area contributed by atoms with Crippen molar-refractivity contribution in [3.05, 3.63) is 47.2 Å². The van der Waals surface area contributed by atoms with E-state index in [1.54, 1.807) is 19.2 Å². The zero-order valence-corrected chi connectivity index (χ0v) is 16.2. The summed E-state index contributed by atoms with van der Waals surface area (Å²) in [6, 6.07) is 7.20. The topological polar surface area (TPSA) is 100 Å². The van der Waals surface area contributed by atoms with E-state index in [4.69, 9.17) is 5.73 Å². The number of benzene rings is 1. The average Bonchev–Trinajstić information content (AvgIpc) is 3.09. The normalized spacial score (nSPS) is 17.8. The Morgan fingerprint density at radius 1 is 1.32 bits per heavy atom. The van der Waals surface area contributed by atoms with Crippen LogP contribution in [0, 0.1) is 0 Å². The summed E-state index contributed by atoms with van der Waals surface area (Å²) in [7, 11) is 1.60. The Kier molecular flexibility index (Phi) is 4.55. The lowest BCUT2D eigenvalue weighted by atomic mass is 9.90. The second-order valence-corrected chi connectivity index (χ2v) is 7.83. The van der Waals surface area contributed by atoms with Gasteiger partial charge in [0.25, 0.3) is 11.8 Å². The van der Waals surface area contributed by atoms with Gasteiger partial charge in [0, 0.05) is 48.9 Å². The number of pyridine rings is 1. The van der Waals surface area contributed by atoms with E-state index in [2.05, 4.69) is 27.4 Å². The number of rotatable bonds is 3. The van der Waals surface area contributed by atoms with E-state index in [-0.39, 0.29) is 17.4 Å². The van der Waals surface area contributed by atoms with Crippen LogP contribution < -0.4 is 21.3 Å². The highest BCUT2D eigenvalue weighted by Crippen LogP contribution is 2.35. The van der Waals surface area contributed by atoms with Crippen LogP contribution in [-0.4, -0.2) is 42.5 Å².